The Morgan fingerprint density at radius 1 is 1.45 bits per heavy atom. The van der Waals surface area contributed by atoms with Crippen LogP contribution in [0.25, 0.3) is 0 Å². The second-order valence-corrected chi connectivity index (χ2v) is 7.07. The van der Waals surface area contributed by atoms with Gasteiger partial charge in [-0.05, 0) is 44.4 Å². The predicted molar refractivity (Wildman–Crippen MR) is 80.3 cm³/mol. The zero-order chi connectivity index (χ0) is 15.0. The highest BCUT2D eigenvalue weighted by Crippen LogP contribution is 2.41. The highest BCUT2D eigenvalue weighted by atomic mass is 35.5. The molecule has 0 amide bonds. The molecule has 0 aliphatic heterocycles. The molecule has 0 saturated heterocycles. The van der Waals surface area contributed by atoms with Crippen molar-refractivity contribution < 1.29 is 9.50 Å². The van der Waals surface area contributed by atoms with E-state index in [-0.39, 0.29) is 11.7 Å². The van der Waals surface area contributed by atoms with Crippen molar-refractivity contribution >= 4 is 11.6 Å². The van der Waals surface area contributed by atoms with Gasteiger partial charge < -0.3 is 10.8 Å². The topological polar surface area (TPSA) is 46.2 Å². The summed E-state index contributed by atoms with van der Waals surface area (Å²) in [5.74, 6) is -0.385. The van der Waals surface area contributed by atoms with Crippen LogP contribution in [-0.4, -0.2) is 16.2 Å². The molecule has 1 saturated carbocycles. The van der Waals surface area contributed by atoms with Crippen molar-refractivity contribution in [3.05, 3.63) is 34.6 Å². The number of hydrogen-bond donors (Lipinski definition) is 2. The predicted octanol–water partition coefficient (Wildman–Crippen LogP) is 3.68. The lowest BCUT2D eigenvalue weighted by molar-refractivity contribution is -0.0721. The number of halogens is 2. The van der Waals surface area contributed by atoms with Crippen LogP contribution >= 0.6 is 11.6 Å². The van der Waals surface area contributed by atoms with Gasteiger partial charge in [0.2, 0.25) is 0 Å². The van der Waals surface area contributed by atoms with Gasteiger partial charge in [-0.25, -0.2) is 4.39 Å². The summed E-state index contributed by atoms with van der Waals surface area (Å²) in [5.41, 5.74) is 5.32. The van der Waals surface area contributed by atoms with E-state index in [1.807, 2.05) is 13.8 Å². The van der Waals surface area contributed by atoms with Crippen molar-refractivity contribution in [2.24, 2.45) is 11.7 Å². The smallest absolute Gasteiger partial charge is 0.127 e. The van der Waals surface area contributed by atoms with Crippen LogP contribution in [0.5, 0.6) is 0 Å². The molecule has 0 spiro atoms. The fraction of sp³-hybridized carbons (Fsp3) is 0.625. The summed E-state index contributed by atoms with van der Waals surface area (Å²) in [5, 5.41) is 11.4. The standard InChI is InChI=1S/C16H23ClFNO/c1-15(2,19)14-5-3-4-8-16(14,20)10-11-6-7-12(17)9-13(11)18/h6-7,9,14,20H,3-5,8,10,19H2,1-2H3/t14-,16+/m0/s1. The molecular weight excluding hydrogens is 277 g/mol. The van der Waals surface area contributed by atoms with Crippen molar-refractivity contribution in [3.63, 3.8) is 0 Å². The molecule has 1 fully saturated rings. The van der Waals surface area contributed by atoms with Crippen molar-refractivity contribution in [2.75, 3.05) is 0 Å². The van der Waals surface area contributed by atoms with Crippen molar-refractivity contribution in [3.8, 4) is 0 Å². The Kier molecular flexibility index (Phi) is 4.43. The molecule has 3 N–H and O–H groups in total. The molecule has 0 aromatic heterocycles. The van der Waals surface area contributed by atoms with Crippen molar-refractivity contribution in [1.82, 2.24) is 0 Å². The summed E-state index contributed by atoms with van der Waals surface area (Å²) < 4.78 is 14.0. The van der Waals surface area contributed by atoms with Gasteiger partial charge in [-0.15, -0.1) is 0 Å². The summed E-state index contributed by atoms with van der Waals surface area (Å²) in [6, 6.07) is 4.62. The van der Waals surface area contributed by atoms with Crippen LogP contribution in [0.4, 0.5) is 4.39 Å². The number of benzene rings is 1. The van der Waals surface area contributed by atoms with E-state index in [2.05, 4.69) is 0 Å². The summed E-state index contributed by atoms with van der Waals surface area (Å²) in [7, 11) is 0. The van der Waals surface area contributed by atoms with Gasteiger partial charge in [-0.1, -0.05) is 30.5 Å². The summed E-state index contributed by atoms with van der Waals surface area (Å²) in [6.45, 7) is 3.87. The molecule has 0 bridgehead atoms. The minimum atomic E-state index is -0.939. The molecule has 1 aliphatic rings. The second-order valence-electron chi connectivity index (χ2n) is 6.64. The molecule has 1 aromatic carbocycles. The Balaban J connectivity index is 2.28. The molecule has 0 heterocycles. The van der Waals surface area contributed by atoms with E-state index in [0.29, 0.717) is 23.4 Å². The van der Waals surface area contributed by atoms with E-state index in [1.165, 1.54) is 6.07 Å². The average molecular weight is 300 g/mol. The highest BCUT2D eigenvalue weighted by molar-refractivity contribution is 6.30. The van der Waals surface area contributed by atoms with Gasteiger partial charge in [0.25, 0.3) is 0 Å². The third-order valence-electron chi connectivity index (χ3n) is 4.41. The monoisotopic (exact) mass is 299 g/mol. The molecule has 0 unspecified atom stereocenters. The number of hydrogen-bond acceptors (Lipinski definition) is 2. The molecule has 4 heteroatoms. The van der Waals surface area contributed by atoms with Crippen molar-refractivity contribution in [1.29, 1.82) is 0 Å². The third-order valence-corrected chi connectivity index (χ3v) is 4.65. The summed E-state index contributed by atoms with van der Waals surface area (Å²) in [4.78, 5) is 0. The Morgan fingerprint density at radius 2 is 2.15 bits per heavy atom. The molecule has 20 heavy (non-hydrogen) atoms. The van der Waals surface area contributed by atoms with Crippen molar-refractivity contribution in [2.45, 2.75) is 57.1 Å². The summed E-state index contributed by atoms with van der Waals surface area (Å²) in [6.07, 6.45) is 3.87. The number of rotatable bonds is 3. The van der Waals surface area contributed by atoms with Gasteiger partial charge in [0.05, 0.1) is 5.60 Å². The molecule has 1 aromatic rings. The van der Waals surface area contributed by atoms with Gasteiger partial charge in [0, 0.05) is 22.9 Å². The minimum absolute atomic E-state index is 0.0289. The SMILES string of the molecule is CC(C)(N)[C@@H]1CCCC[C@@]1(O)Cc1ccc(Cl)cc1F. The zero-order valence-electron chi connectivity index (χ0n) is 12.1. The molecule has 1 aliphatic carbocycles. The number of nitrogens with two attached hydrogens (primary N) is 1. The van der Waals surface area contributed by atoms with Crippen LogP contribution in [0.3, 0.4) is 0 Å². The Morgan fingerprint density at radius 3 is 2.75 bits per heavy atom. The van der Waals surface area contributed by atoms with Crippen LogP contribution in [0.15, 0.2) is 18.2 Å². The first-order valence-corrected chi connectivity index (χ1v) is 7.55. The van der Waals surface area contributed by atoms with Gasteiger partial charge in [0.1, 0.15) is 5.82 Å². The summed E-state index contributed by atoms with van der Waals surface area (Å²) >= 11 is 5.77. The molecular formula is C16H23ClFNO. The lowest BCUT2D eigenvalue weighted by Crippen LogP contribution is -2.56. The van der Waals surface area contributed by atoms with E-state index >= 15 is 0 Å². The average Bonchev–Trinajstić information content (AvgIpc) is 2.32. The maximum absolute atomic E-state index is 14.0. The maximum atomic E-state index is 14.0. The lowest BCUT2D eigenvalue weighted by atomic mass is 9.65. The van der Waals surface area contributed by atoms with Crippen LogP contribution in [0.1, 0.15) is 45.1 Å². The first-order chi connectivity index (χ1) is 9.22. The molecule has 2 nitrogen and oxygen atoms in total. The Bertz CT molecular complexity index is 486. The van der Waals surface area contributed by atoms with E-state index < -0.39 is 11.1 Å². The fourth-order valence-electron chi connectivity index (χ4n) is 3.49. The largest absolute Gasteiger partial charge is 0.389 e. The highest BCUT2D eigenvalue weighted by Gasteiger charge is 2.45. The first kappa shape index (κ1) is 15.7. The van der Waals surface area contributed by atoms with E-state index in [4.69, 9.17) is 17.3 Å². The molecule has 2 rings (SSSR count). The van der Waals surface area contributed by atoms with Crippen LogP contribution in [0, 0.1) is 11.7 Å². The number of aliphatic hydroxyl groups is 1. The van der Waals surface area contributed by atoms with Crippen LogP contribution in [0.2, 0.25) is 5.02 Å². The third kappa shape index (κ3) is 3.33. The zero-order valence-corrected chi connectivity index (χ0v) is 12.9. The van der Waals surface area contributed by atoms with Crippen LogP contribution < -0.4 is 5.73 Å². The van der Waals surface area contributed by atoms with Gasteiger partial charge in [-0.3, -0.25) is 0 Å². The van der Waals surface area contributed by atoms with Gasteiger partial charge in [-0.2, -0.15) is 0 Å². The van der Waals surface area contributed by atoms with Gasteiger partial charge in [0.15, 0.2) is 0 Å². The normalized spacial score (nSPS) is 27.6. The first-order valence-electron chi connectivity index (χ1n) is 7.17. The Labute approximate surface area is 125 Å². The lowest BCUT2D eigenvalue weighted by Gasteiger charge is -2.46. The van der Waals surface area contributed by atoms with E-state index in [9.17, 15) is 9.50 Å². The minimum Gasteiger partial charge on any atom is -0.389 e. The quantitative estimate of drug-likeness (QED) is 0.894. The molecule has 0 radical (unpaired) electrons. The van der Waals surface area contributed by atoms with Crippen LogP contribution in [-0.2, 0) is 6.42 Å². The molecule has 2 atom stereocenters. The Hall–Kier alpha value is -0.640. The van der Waals surface area contributed by atoms with Gasteiger partial charge >= 0.3 is 0 Å². The maximum Gasteiger partial charge on any atom is 0.127 e. The molecule has 112 valence electrons. The van der Waals surface area contributed by atoms with E-state index in [0.717, 1.165) is 19.3 Å². The fourth-order valence-corrected chi connectivity index (χ4v) is 3.65. The second kappa shape index (κ2) is 5.63. The van der Waals surface area contributed by atoms with E-state index in [1.54, 1.807) is 12.1 Å².